The molecule has 1 heterocycles. The molecule has 0 spiro atoms. The molecule has 0 atom stereocenters. The summed E-state index contributed by atoms with van der Waals surface area (Å²) in [5.41, 5.74) is 6.57. The second-order valence-corrected chi connectivity index (χ2v) is 5.22. The van der Waals surface area contributed by atoms with Crippen molar-refractivity contribution in [3.63, 3.8) is 0 Å². The molecule has 1 aliphatic carbocycles. The molecular formula is C13H17N3OS. The van der Waals surface area contributed by atoms with Crippen LogP contribution in [0, 0.1) is 6.92 Å². The SMILES string of the molecule is Cc1cccnc1C(=O)NC1(C(N)=S)CCCC1. The molecule has 0 unspecified atom stereocenters. The van der Waals surface area contributed by atoms with Crippen LogP contribution in [-0.4, -0.2) is 21.4 Å². The minimum absolute atomic E-state index is 0.192. The molecule has 1 amide bonds. The molecule has 1 aliphatic rings. The number of aryl methyl sites for hydroxylation is 1. The lowest BCUT2D eigenvalue weighted by Crippen LogP contribution is -2.55. The van der Waals surface area contributed by atoms with Gasteiger partial charge in [0.05, 0.1) is 10.5 Å². The van der Waals surface area contributed by atoms with E-state index in [2.05, 4.69) is 10.3 Å². The number of carbonyl (C=O) groups excluding carboxylic acids is 1. The molecule has 1 saturated carbocycles. The highest BCUT2D eigenvalue weighted by molar-refractivity contribution is 7.80. The Kier molecular flexibility index (Phi) is 3.61. The summed E-state index contributed by atoms with van der Waals surface area (Å²) >= 11 is 5.11. The van der Waals surface area contributed by atoms with Crippen molar-refractivity contribution in [1.82, 2.24) is 10.3 Å². The number of thiocarbonyl (C=S) groups is 1. The van der Waals surface area contributed by atoms with Crippen LogP contribution in [0.3, 0.4) is 0 Å². The van der Waals surface area contributed by atoms with Crippen molar-refractivity contribution in [3.05, 3.63) is 29.6 Å². The fourth-order valence-electron chi connectivity index (χ4n) is 2.41. The quantitative estimate of drug-likeness (QED) is 0.815. The van der Waals surface area contributed by atoms with E-state index in [9.17, 15) is 4.79 Å². The minimum atomic E-state index is -0.517. The largest absolute Gasteiger partial charge is 0.391 e. The first-order chi connectivity index (χ1) is 8.55. The number of amides is 1. The molecular weight excluding hydrogens is 246 g/mol. The van der Waals surface area contributed by atoms with Crippen LogP contribution in [0.4, 0.5) is 0 Å². The van der Waals surface area contributed by atoms with Crippen LogP contribution in [0.2, 0.25) is 0 Å². The van der Waals surface area contributed by atoms with E-state index in [0.29, 0.717) is 10.7 Å². The molecule has 5 heteroatoms. The van der Waals surface area contributed by atoms with Crippen molar-refractivity contribution in [3.8, 4) is 0 Å². The molecule has 1 aromatic rings. The molecule has 1 fully saturated rings. The van der Waals surface area contributed by atoms with E-state index in [0.717, 1.165) is 31.2 Å². The Balaban J connectivity index is 2.21. The van der Waals surface area contributed by atoms with E-state index >= 15 is 0 Å². The number of nitrogens with two attached hydrogens (primary N) is 1. The third-order valence-electron chi connectivity index (χ3n) is 3.51. The van der Waals surface area contributed by atoms with Gasteiger partial charge in [-0.15, -0.1) is 0 Å². The van der Waals surface area contributed by atoms with Crippen LogP contribution in [0.1, 0.15) is 41.7 Å². The van der Waals surface area contributed by atoms with Crippen molar-refractivity contribution in [2.24, 2.45) is 5.73 Å². The van der Waals surface area contributed by atoms with Gasteiger partial charge in [-0.1, -0.05) is 31.1 Å². The maximum absolute atomic E-state index is 12.2. The normalized spacial score (nSPS) is 17.4. The van der Waals surface area contributed by atoms with E-state index in [1.807, 2.05) is 19.1 Å². The van der Waals surface area contributed by atoms with Crippen molar-refractivity contribution in [2.75, 3.05) is 0 Å². The molecule has 3 N–H and O–H groups in total. The number of aromatic nitrogens is 1. The van der Waals surface area contributed by atoms with Crippen LogP contribution in [0.5, 0.6) is 0 Å². The van der Waals surface area contributed by atoms with Gasteiger partial charge in [-0.05, 0) is 31.4 Å². The average molecular weight is 263 g/mol. The predicted molar refractivity (Wildman–Crippen MR) is 74.4 cm³/mol. The molecule has 96 valence electrons. The summed E-state index contributed by atoms with van der Waals surface area (Å²) in [7, 11) is 0. The molecule has 4 nitrogen and oxygen atoms in total. The highest BCUT2D eigenvalue weighted by Crippen LogP contribution is 2.30. The van der Waals surface area contributed by atoms with Gasteiger partial charge in [-0.3, -0.25) is 9.78 Å². The minimum Gasteiger partial charge on any atom is -0.391 e. The molecule has 0 saturated heterocycles. The highest BCUT2D eigenvalue weighted by atomic mass is 32.1. The highest BCUT2D eigenvalue weighted by Gasteiger charge is 2.38. The summed E-state index contributed by atoms with van der Waals surface area (Å²) in [4.78, 5) is 16.7. The number of carbonyl (C=O) groups is 1. The number of hydrogen-bond donors (Lipinski definition) is 2. The zero-order valence-corrected chi connectivity index (χ0v) is 11.2. The third kappa shape index (κ3) is 2.36. The van der Waals surface area contributed by atoms with E-state index in [1.165, 1.54) is 0 Å². The van der Waals surface area contributed by atoms with Crippen molar-refractivity contribution < 1.29 is 4.79 Å². The number of nitrogens with one attached hydrogen (secondary N) is 1. The van der Waals surface area contributed by atoms with Gasteiger partial charge in [-0.25, -0.2) is 0 Å². The van der Waals surface area contributed by atoms with Gasteiger partial charge < -0.3 is 11.1 Å². The van der Waals surface area contributed by atoms with Crippen LogP contribution < -0.4 is 11.1 Å². The first-order valence-electron chi connectivity index (χ1n) is 6.09. The second-order valence-electron chi connectivity index (χ2n) is 4.78. The number of hydrogen-bond acceptors (Lipinski definition) is 3. The summed E-state index contributed by atoms with van der Waals surface area (Å²) in [6.45, 7) is 1.87. The summed E-state index contributed by atoms with van der Waals surface area (Å²) in [6, 6.07) is 3.68. The fourth-order valence-corrected chi connectivity index (χ4v) is 2.67. The number of rotatable bonds is 3. The van der Waals surface area contributed by atoms with Gasteiger partial charge in [0.1, 0.15) is 5.69 Å². The summed E-state index contributed by atoms with van der Waals surface area (Å²) in [5.74, 6) is -0.192. The average Bonchev–Trinajstić information content (AvgIpc) is 2.79. The maximum atomic E-state index is 12.2. The van der Waals surface area contributed by atoms with E-state index in [1.54, 1.807) is 6.20 Å². The van der Waals surface area contributed by atoms with Gasteiger partial charge >= 0.3 is 0 Å². The topological polar surface area (TPSA) is 68.0 Å². The Hall–Kier alpha value is -1.49. The monoisotopic (exact) mass is 263 g/mol. The molecule has 0 bridgehead atoms. The van der Waals surface area contributed by atoms with Crippen LogP contribution in [0.25, 0.3) is 0 Å². The van der Waals surface area contributed by atoms with Gasteiger partial charge in [0.25, 0.3) is 5.91 Å². The number of nitrogens with zero attached hydrogens (tertiary/aromatic N) is 1. The molecule has 18 heavy (non-hydrogen) atoms. The predicted octanol–water partition coefficient (Wildman–Crippen LogP) is 1.72. The lowest BCUT2D eigenvalue weighted by molar-refractivity contribution is 0.0918. The maximum Gasteiger partial charge on any atom is 0.270 e. The molecule has 0 radical (unpaired) electrons. The molecule has 1 aromatic heterocycles. The standard InChI is InChI=1S/C13H17N3OS/c1-9-5-4-8-15-10(9)11(17)16-13(12(14)18)6-2-3-7-13/h4-5,8H,2-3,6-7H2,1H3,(H2,14,18)(H,16,17). The molecule has 0 aromatic carbocycles. The van der Waals surface area contributed by atoms with Crippen molar-refractivity contribution in [1.29, 1.82) is 0 Å². The van der Waals surface area contributed by atoms with Crippen molar-refractivity contribution in [2.45, 2.75) is 38.1 Å². The Morgan fingerprint density at radius 1 is 1.50 bits per heavy atom. The summed E-state index contributed by atoms with van der Waals surface area (Å²) in [5, 5.41) is 2.98. The first-order valence-corrected chi connectivity index (χ1v) is 6.50. The Morgan fingerprint density at radius 2 is 2.17 bits per heavy atom. The second kappa shape index (κ2) is 5.02. The van der Waals surface area contributed by atoms with Gasteiger partial charge in [-0.2, -0.15) is 0 Å². The Labute approximate surface area is 112 Å². The van der Waals surface area contributed by atoms with E-state index in [4.69, 9.17) is 18.0 Å². The van der Waals surface area contributed by atoms with Crippen LogP contribution in [0.15, 0.2) is 18.3 Å². The van der Waals surface area contributed by atoms with E-state index < -0.39 is 5.54 Å². The molecule has 2 rings (SSSR count). The number of pyridine rings is 1. The van der Waals surface area contributed by atoms with Gasteiger partial charge in [0.2, 0.25) is 0 Å². The summed E-state index contributed by atoms with van der Waals surface area (Å²) in [6.07, 6.45) is 5.33. The van der Waals surface area contributed by atoms with E-state index in [-0.39, 0.29) is 5.91 Å². The zero-order valence-electron chi connectivity index (χ0n) is 10.4. The third-order valence-corrected chi connectivity index (χ3v) is 3.90. The summed E-state index contributed by atoms with van der Waals surface area (Å²) < 4.78 is 0. The van der Waals surface area contributed by atoms with Crippen LogP contribution in [-0.2, 0) is 0 Å². The fraction of sp³-hybridized carbons (Fsp3) is 0.462. The smallest absolute Gasteiger partial charge is 0.270 e. The van der Waals surface area contributed by atoms with Crippen LogP contribution >= 0.6 is 12.2 Å². The van der Waals surface area contributed by atoms with Gasteiger partial charge in [0.15, 0.2) is 0 Å². The Bertz CT molecular complexity index is 481. The first kappa shape index (κ1) is 13.0. The lowest BCUT2D eigenvalue weighted by Gasteiger charge is -2.29. The molecule has 0 aliphatic heterocycles. The Morgan fingerprint density at radius 3 is 2.72 bits per heavy atom. The lowest BCUT2D eigenvalue weighted by atomic mass is 9.97. The van der Waals surface area contributed by atoms with Gasteiger partial charge in [0, 0.05) is 6.20 Å². The zero-order chi connectivity index (χ0) is 13.2. The van der Waals surface area contributed by atoms with Crippen molar-refractivity contribution >= 4 is 23.1 Å².